The fraction of sp³-hybridized carbons (Fsp3) is 0.357. The van der Waals surface area contributed by atoms with Crippen LogP contribution in [-0.4, -0.2) is 46.8 Å². The Hall–Kier alpha value is -4.54. The Morgan fingerprint density at radius 3 is 2.15 bits per heavy atom. The molecule has 2 aromatic heterocycles. The number of hydrogen-bond donors (Lipinski definition) is 3. The number of imidazole rings is 1. The van der Waals surface area contributed by atoms with Gasteiger partial charge in [-0.1, -0.05) is 19.3 Å². The van der Waals surface area contributed by atoms with Gasteiger partial charge in [0.25, 0.3) is 0 Å². The van der Waals surface area contributed by atoms with Crippen LogP contribution in [0.4, 0.5) is 28.8 Å². The highest BCUT2D eigenvalue weighted by Crippen LogP contribution is 2.41. The summed E-state index contributed by atoms with van der Waals surface area (Å²) >= 11 is 0. The van der Waals surface area contributed by atoms with Gasteiger partial charge in [0.15, 0.2) is 28.5 Å². The van der Waals surface area contributed by atoms with E-state index in [0.29, 0.717) is 51.9 Å². The molecule has 11 heteroatoms. The molecule has 1 fully saturated rings. The number of nitrogens with one attached hydrogen (secondary N) is 3. The SMILES string of the molecule is COc1cc(Nc2nc(Nc3ccc(NC(C)=O)cc3)c3ncn(C4CCCCC4)c3n2)cc(OC)c1OC. The highest BCUT2D eigenvalue weighted by molar-refractivity contribution is 5.90. The lowest BCUT2D eigenvalue weighted by molar-refractivity contribution is -0.114. The number of nitrogens with zero attached hydrogens (tertiary/aromatic N) is 4. The highest BCUT2D eigenvalue weighted by Gasteiger charge is 2.22. The van der Waals surface area contributed by atoms with Crippen LogP contribution in [0.25, 0.3) is 11.2 Å². The topological polar surface area (TPSA) is 124 Å². The molecule has 0 saturated heterocycles. The molecule has 1 aliphatic rings. The molecule has 1 saturated carbocycles. The van der Waals surface area contributed by atoms with Crippen molar-refractivity contribution in [3.8, 4) is 17.2 Å². The van der Waals surface area contributed by atoms with Crippen molar-refractivity contribution >= 4 is 45.9 Å². The minimum atomic E-state index is -0.121. The molecule has 3 N–H and O–H groups in total. The zero-order valence-electron chi connectivity index (χ0n) is 22.6. The van der Waals surface area contributed by atoms with E-state index in [1.165, 1.54) is 26.2 Å². The Morgan fingerprint density at radius 1 is 0.872 bits per heavy atom. The van der Waals surface area contributed by atoms with Crippen LogP contribution in [0.1, 0.15) is 45.1 Å². The van der Waals surface area contributed by atoms with Gasteiger partial charge in [0.1, 0.15) is 0 Å². The van der Waals surface area contributed by atoms with Gasteiger partial charge in [0.05, 0.1) is 27.7 Å². The number of ether oxygens (including phenoxy) is 3. The molecule has 204 valence electrons. The number of amides is 1. The van der Waals surface area contributed by atoms with E-state index in [2.05, 4.69) is 20.5 Å². The molecule has 4 aromatic rings. The molecule has 5 rings (SSSR count). The van der Waals surface area contributed by atoms with Crippen LogP contribution in [0.2, 0.25) is 0 Å². The van der Waals surface area contributed by atoms with E-state index in [4.69, 9.17) is 29.2 Å². The molecule has 2 aromatic carbocycles. The number of anilines is 5. The average molecular weight is 532 g/mol. The fourth-order valence-electron chi connectivity index (χ4n) is 4.95. The number of hydrogen-bond acceptors (Lipinski definition) is 9. The van der Waals surface area contributed by atoms with Crippen molar-refractivity contribution in [3.05, 3.63) is 42.7 Å². The smallest absolute Gasteiger partial charge is 0.231 e. The van der Waals surface area contributed by atoms with E-state index < -0.39 is 0 Å². The number of fused-ring (bicyclic) bond motifs is 1. The predicted octanol–water partition coefficient (Wildman–Crippen LogP) is 5.80. The van der Waals surface area contributed by atoms with Crippen molar-refractivity contribution < 1.29 is 19.0 Å². The molecule has 0 unspecified atom stereocenters. The molecular weight excluding hydrogens is 498 g/mol. The Kier molecular flexibility index (Phi) is 7.67. The lowest BCUT2D eigenvalue weighted by Gasteiger charge is -2.23. The predicted molar refractivity (Wildman–Crippen MR) is 151 cm³/mol. The van der Waals surface area contributed by atoms with Crippen LogP contribution >= 0.6 is 0 Å². The van der Waals surface area contributed by atoms with Crippen molar-refractivity contribution in [1.82, 2.24) is 19.5 Å². The minimum Gasteiger partial charge on any atom is -0.493 e. The first-order valence-corrected chi connectivity index (χ1v) is 13.0. The zero-order chi connectivity index (χ0) is 27.4. The monoisotopic (exact) mass is 531 g/mol. The van der Waals surface area contributed by atoms with Crippen molar-refractivity contribution in [2.45, 2.75) is 45.1 Å². The van der Waals surface area contributed by atoms with E-state index >= 15 is 0 Å². The molecule has 0 radical (unpaired) electrons. The quantitative estimate of drug-likeness (QED) is 0.246. The number of carbonyl (C=O) groups excluding carboxylic acids is 1. The second kappa shape index (κ2) is 11.5. The summed E-state index contributed by atoms with van der Waals surface area (Å²) in [6, 6.07) is 11.4. The van der Waals surface area contributed by atoms with Crippen LogP contribution in [0.15, 0.2) is 42.7 Å². The summed E-state index contributed by atoms with van der Waals surface area (Å²) < 4.78 is 18.6. The number of aromatic nitrogens is 4. The third-order valence-electron chi connectivity index (χ3n) is 6.78. The molecule has 11 nitrogen and oxygen atoms in total. The molecular formula is C28H33N7O4. The van der Waals surface area contributed by atoms with E-state index in [9.17, 15) is 4.79 Å². The van der Waals surface area contributed by atoms with Crippen LogP contribution in [-0.2, 0) is 4.79 Å². The van der Waals surface area contributed by atoms with E-state index in [0.717, 1.165) is 24.2 Å². The molecule has 0 atom stereocenters. The number of methoxy groups -OCH3 is 3. The molecule has 1 amide bonds. The maximum absolute atomic E-state index is 11.4. The van der Waals surface area contributed by atoms with E-state index in [1.807, 2.05) is 30.6 Å². The molecule has 0 spiro atoms. The van der Waals surface area contributed by atoms with Gasteiger partial charge in [0, 0.05) is 42.2 Å². The standard InChI is InChI=1S/C28H33N7O4/c1-17(36)30-18-10-12-19(13-11-18)31-26-24-27(35(16-29-24)21-8-6-5-7-9-21)34-28(33-26)32-20-14-22(37-2)25(39-4)23(15-20)38-3/h10-16,21H,5-9H2,1-4H3,(H,30,36)(H2,31,32,33,34). The molecule has 0 aliphatic heterocycles. The Morgan fingerprint density at radius 2 is 1.54 bits per heavy atom. The number of benzene rings is 2. The third-order valence-corrected chi connectivity index (χ3v) is 6.78. The average Bonchev–Trinajstić information content (AvgIpc) is 3.38. The van der Waals surface area contributed by atoms with Crippen LogP contribution in [0, 0.1) is 0 Å². The number of carbonyl (C=O) groups is 1. The van der Waals surface area contributed by atoms with E-state index in [1.54, 1.807) is 33.5 Å². The van der Waals surface area contributed by atoms with Crippen molar-refractivity contribution in [3.63, 3.8) is 0 Å². The lowest BCUT2D eigenvalue weighted by atomic mass is 9.95. The van der Waals surface area contributed by atoms with Crippen molar-refractivity contribution in [1.29, 1.82) is 0 Å². The Bertz CT molecular complexity index is 1440. The normalized spacial score (nSPS) is 13.6. The Balaban J connectivity index is 1.54. The summed E-state index contributed by atoms with van der Waals surface area (Å²) in [7, 11) is 4.72. The van der Waals surface area contributed by atoms with Crippen LogP contribution < -0.4 is 30.2 Å². The molecule has 2 heterocycles. The van der Waals surface area contributed by atoms with Crippen LogP contribution in [0.3, 0.4) is 0 Å². The minimum absolute atomic E-state index is 0.121. The van der Waals surface area contributed by atoms with Gasteiger partial charge in [-0.15, -0.1) is 0 Å². The summed E-state index contributed by atoms with van der Waals surface area (Å²) in [4.78, 5) is 25.8. The number of rotatable bonds is 9. The van der Waals surface area contributed by atoms with Crippen molar-refractivity contribution in [2.24, 2.45) is 0 Å². The summed E-state index contributed by atoms with van der Waals surface area (Å²) in [5.41, 5.74) is 3.63. The Labute approximate surface area is 226 Å². The summed E-state index contributed by atoms with van der Waals surface area (Å²) in [5, 5.41) is 9.47. The second-order valence-corrected chi connectivity index (χ2v) is 9.43. The summed E-state index contributed by atoms with van der Waals surface area (Å²) in [6.45, 7) is 1.48. The molecule has 39 heavy (non-hydrogen) atoms. The lowest BCUT2D eigenvalue weighted by Crippen LogP contribution is -2.13. The van der Waals surface area contributed by atoms with Gasteiger partial charge in [-0.05, 0) is 37.1 Å². The first-order valence-electron chi connectivity index (χ1n) is 13.0. The third kappa shape index (κ3) is 5.66. The van der Waals surface area contributed by atoms with E-state index in [-0.39, 0.29) is 5.91 Å². The first-order chi connectivity index (χ1) is 19.0. The summed E-state index contributed by atoms with van der Waals surface area (Å²) in [6.07, 6.45) is 7.70. The van der Waals surface area contributed by atoms with Gasteiger partial charge in [-0.2, -0.15) is 9.97 Å². The van der Waals surface area contributed by atoms with Crippen molar-refractivity contribution in [2.75, 3.05) is 37.3 Å². The maximum atomic E-state index is 11.4. The second-order valence-electron chi connectivity index (χ2n) is 9.43. The van der Waals surface area contributed by atoms with Gasteiger partial charge >= 0.3 is 0 Å². The highest BCUT2D eigenvalue weighted by atomic mass is 16.5. The van der Waals surface area contributed by atoms with Gasteiger partial charge in [-0.3, -0.25) is 4.79 Å². The van der Waals surface area contributed by atoms with Gasteiger partial charge in [0.2, 0.25) is 17.6 Å². The van der Waals surface area contributed by atoms with Gasteiger partial charge < -0.3 is 34.7 Å². The molecule has 0 bridgehead atoms. The largest absolute Gasteiger partial charge is 0.493 e. The zero-order valence-corrected chi connectivity index (χ0v) is 22.6. The first kappa shape index (κ1) is 26.1. The van der Waals surface area contributed by atoms with Crippen LogP contribution in [0.5, 0.6) is 17.2 Å². The molecule has 1 aliphatic carbocycles. The van der Waals surface area contributed by atoms with Gasteiger partial charge in [-0.25, -0.2) is 4.98 Å². The maximum Gasteiger partial charge on any atom is 0.231 e. The summed E-state index contributed by atoms with van der Waals surface area (Å²) in [5.74, 6) is 2.38. The fourth-order valence-corrected chi connectivity index (χ4v) is 4.95.